The number of rotatable bonds is 7. The fourth-order valence-corrected chi connectivity index (χ4v) is 4.36. The zero-order chi connectivity index (χ0) is 24.0. The summed E-state index contributed by atoms with van der Waals surface area (Å²) in [6, 6.07) is 3.04. The van der Waals surface area contributed by atoms with E-state index in [4.69, 9.17) is 4.74 Å². The second-order valence-corrected chi connectivity index (χ2v) is 8.60. The van der Waals surface area contributed by atoms with E-state index in [0.29, 0.717) is 12.5 Å². The van der Waals surface area contributed by atoms with Gasteiger partial charge in [-0.25, -0.2) is 4.79 Å². The lowest BCUT2D eigenvalue weighted by Crippen LogP contribution is -2.50. The van der Waals surface area contributed by atoms with Crippen LogP contribution in [0.1, 0.15) is 42.5 Å². The number of carbonyl (C=O) groups excluding carboxylic acids is 2. The summed E-state index contributed by atoms with van der Waals surface area (Å²) in [7, 11) is 0. The van der Waals surface area contributed by atoms with Crippen molar-refractivity contribution < 1.29 is 41.0 Å². The highest BCUT2D eigenvalue weighted by molar-refractivity contribution is 7.80. The minimum absolute atomic E-state index is 0.107. The molecule has 3 rings (SSSR count). The van der Waals surface area contributed by atoms with Crippen molar-refractivity contribution in [3.05, 3.63) is 23.8 Å². The molecule has 0 aromatic heterocycles. The predicted molar refractivity (Wildman–Crippen MR) is 111 cm³/mol. The highest BCUT2D eigenvalue weighted by Crippen LogP contribution is 2.32. The highest BCUT2D eigenvalue weighted by atomic mass is 32.2. The number of ether oxygens (including phenoxy) is 2. The molecule has 2 aliphatic rings. The molecule has 0 spiro atoms. The SMILES string of the molecule is O=C(OCCC1CCCC1)N1CCN(C(=O)c2ccc(NS(=O)[O-])c(OC(F)(F)F)c2)CC1. The van der Waals surface area contributed by atoms with Gasteiger partial charge in [-0.05, 0) is 30.5 Å². The Kier molecular flexibility index (Phi) is 8.40. The van der Waals surface area contributed by atoms with Gasteiger partial charge in [0.15, 0.2) is 5.75 Å². The molecule has 9 nitrogen and oxygen atoms in total. The fraction of sp³-hybridized carbons (Fsp3) is 0.600. The van der Waals surface area contributed by atoms with Gasteiger partial charge in [0.1, 0.15) is 0 Å². The number of amides is 2. The van der Waals surface area contributed by atoms with E-state index in [-0.39, 0.29) is 31.7 Å². The normalized spacial score (nSPS) is 18.2. The molecule has 1 aliphatic carbocycles. The van der Waals surface area contributed by atoms with E-state index in [2.05, 4.69) is 4.74 Å². The summed E-state index contributed by atoms with van der Waals surface area (Å²) in [5.41, 5.74) is -0.563. The average Bonchev–Trinajstić information content (AvgIpc) is 3.27. The fourth-order valence-electron chi connectivity index (χ4n) is 4.02. The lowest BCUT2D eigenvalue weighted by atomic mass is 10.1. The van der Waals surface area contributed by atoms with Crippen LogP contribution in [-0.4, -0.2) is 69.7 Å². The standard InChI is InChI=1S/C20H26F3N3O6S/c21-20(22,23)32-17-13-15(5-6-16(17)24-33(29)30)18(27)25-8-10-26(11-9-25)19(28)31-12-7-14-3-1-2-4-14/h5-6,13-14,24H,1-4,7-12H2,(H,29,30)/p-1. The van der Waals surface area contributed by atoms with Crippen LogP contribution in [0.4, 0.5) is 23.7 Å². The summed E-state index contributed by atoms with van der Waals surface area (Å²) in [6.45, 7) is 1.18. The van der Waals surface area contributed by atoms with Crippen molar-refractivity contribution >= 4 is 29.0 Å². The molecule has 1 aromatic carbocycles. The molecule has 1 atom stereocenters. The Morgan fingerprint density at radius 3 is 2.36 bits per heavy atom. The van der Waals surface area contributed by atoms with Crippen molar-refractivity contribution in [1.29, 1.82) is 0 Å². The van der Waals surface area contributed by atoms with Gasteiger partial charge in [-0.15, -0.1) is 13.2 Å². The molecule has 1 aromatic rings. The number of hydrogen-bond donors (Lipinski definition) is 1. The van der Waals surface area contributed by atoms with Gasteiger partial charge in [0.25, 0.3) is 5.91 Å². The molecule has 1 heterocycles. The molecule has 1 saturated carbocycles. The summed E-state index contributed by atoms with van der Waals surface area (Å²) in [4.78, 5) is 27.9. The van der Waals surface area contributed by atoms with Crippen LogP contribution < -0.4 is 9.46 Å². The largest absolute Gasteiger partial charge is 0.755 e. The summed E-state index contributed by atoms with van der Waals surface area (Å²) in [5, 5.41) is 0. The van der Waals surface area contributed by atoms with E-state index in [1.54, 1.807) is 4.72 Å². The van der Waals surface area contributed by atoms with Gasteiger partial charge < -0.3 is 28.5 Å². The summed E-state index contributed by atoms with van der Waals surface area (Å²) < 4.78 is 70.7. The number of carbonyl (C=O) groups is 2. The second kappa shape index (κ2) is 11.1. The predicted octanol–water partition coefficient (Wildman–Crippen LogP) is 3.27. The molecular formula is C20H25F3N3O6S-. The second-order valence-electron chi connectivity index (χ2n) is 7.93. The Balaban J connectivity index is 1.55. The van der Waals surface area contributed by atoms with E-state index in [1.165, 1.54) is 41.5 Å². The van der Waals surface area contributed by atoms with E-state index in [1.807, 2.05) is 0 Å². The first-order chi connectivity index (χ1) is 15.6. The van der Waals surface area contributed by atoms with Crippen molar-refractivity contribution in [3.8, 4) is 5.75 Å². The van der Waals surface area contributed by atoms with Crippen molar-refractivity contribution in [2.75, 3.05) is 37.5 Å². The molecule has 13 heteroatoms. The summed E-state index contributed by atoms with van der Waals surface area (Å²) in [6.07, 6.45) is 0.0940. The van der Waals surface area contributed by atoms with Crippen LogP contribution >= 0.6 is 0 Å². The number of anilines is 1. The van der Waals surface area contributed by atoms with Crippen LogP contribution in [0.3, 0.4) is 0 Å². The topological polar surface area (TPSA) is 111 Å². The summed E-state index contributed by atoms with van der Waals surface area (Å²) >= 11 is -2.88. The van der Waals surface area contributed by atoms with Gasteiger partial charge in [-0.1, -0.05) is 25.7 Å². The third-order valence-electron chi connectivity index (χ3n) is 5.70. The van der Waals surface area contributed by atoms with Gasteiger partial charge >= 0.3 is 12.5 Å². The first-order valence-electron chi connectivity index (χ1n) is 10.6. The molecule has 0 bridgehead atoms. The Labute approximate surface area is 191 Å². The van der Waals surface area contributed by atoms with Crippen molar-refractivity contribution in [2.45, 2.75) is 38.5 Å². The molecule has 2 amide bonds. The highest BCUT2D eigenvalue weighted by Gasteiger charge is 2.33. The number of nitrogens with zero attached hydrogens (tertiary/aromatic N) is 2. The van der Waals surface area contributed by atoms with Crippen LogP contribution in [0.5, 0.6) is 5.75 Å². The number of halogens is 3. The maximum Gasteiger partial charge on any atom is 0.573 e. The lowest BCUT2D eigenvalue weighted by molar-refractivity contribution is -0.274. The van der Waals surface area contributed by atoms with Gasteiger partial charge in [-0.3, -0.25) is 9.00 Å². The Morgan fingerprint density at radius 1 is 1.12 bits per heavy atom. The van der Waals surface area contributed by atoms with Crippen molar-refractivity contribution in [3.63, 3.8) is 0 Å². The monoisotopic (exact) mass is 492 g/mol. The van der Waals surface area contributed by atoms with Crippen LogP contribution in [0.25, 0.3) is 0 Å². The number of hydrogen-bond acceptors (Lipinski definition) is 6. The minimum Gasteiger partial charge on any atom is -0.755 e. The van der Waals surface area contributed by atoms with E-state index < -0.39 is 41.1 Å². The zero-order valence-electron chi connectivity index (χ0n) is 17.8. The van der Waals surface area contributed by atoms with E-state index in [9.17, 15) is 31.5 Å². The molecule has 1 N–H and O–H groups in total. The summed E-state index contributed by atoms with van der Waals surface area (Å²) in [5.74, 6) is -0.804. The number of alkyl halides is 3. The van der Waals surface area contributed by atoms with Gasteiger partial charge in [0.05, 0.1) is 12.3 Å². The Bertz CT molecular complexity index is 871. The van der Waals surface area contributed by atoms with Crippen LogP contribution in [0.2, 0.25) is 0 Å². The average molecular weight is 492 g/mol. The first-order valence-corrected chi connectivity index (χ1v) is 11.7. The number of benzene rings is 1. The molecule has 0 radical (unpaired) electrons. The lowest BCUT2D eigenvalue weighted by Gasteiger charge is -2.34. The maximum absolute atomic E-state index is 12.8. The maximum atomic E-state index is 12.8. The Morgan fingerprint density at radius 2 is 1.76 bits per heavy atom. The van der Waals surface area contributed by atoms with E-state index >= 15 is 0 Å². The zero-order valence-corrected chi connectivity index (χ0v) is 18.6. The van der Waals surface area contributed by atoms with Gasteiger partial charge in [-0.2, -0.15) is 0 Å². The van der Waals surface area contributed by atoms with E-state index in [0.717, 1.165) is 18.6 Å². The quantitative estimate of drug-likeness (QED) is 0.585. The van der Waals surface area contributed by atoms with Crippen LogP contribution in [-0.2, 0) is 16.0 Å². The van der Waals surface area contributed by atoms with Gasteiger partial charge in [0, 0.05) is 43.0 Å². The third kappa shape index (κ3) is 7.49. The molecule has 184 valence electrons. The molecule has 2 fully saturated rings. The molecule has 1 saturated heterocycles. The molecule has 33 heavy (non-hydrogen) atoms. The third-order valence-corrected chi connectivity index (χ3v) is 6.09. The van der Waals surface area contributed by atoms with Crippen LogP contribution in [0, 0.1) is 5.92 Å². The number of piperazine rings is 1. The first kappa shape index (κ1) is 25.1. The smallest absolute Gasteiger partial charge is 0.573 e. The van der Waals surface area contributed by atoms with Gasteiger partial charge in [0.2, 0.25) is 0 Å². The Hall–Kier alpha value is -2.54. The van der Waals surface area contributed by atoms with Crippen LogP contribution in [0.15, 0.2) is 18.2 Å². The minimum atomic E-state index is -5.08. The van der Waals surface area contributed by atoms with Crippen molar-refractivity contribution in [1.82, 2.24) is 9.80 Å². The van der Waals surface area contributed by atoms with Crippen molar-refractivity contribution in [2.24, 2.45) is 5.92 Å². The number of nitrogens with one attached hydrogen (secondary N) is 1. The molecule has 1 aliphatic heterocycles. The molecule has 1 unspecified atom stereocenters. The molecular weight excluding hydrogens is 467 g/mol.